The van der Waals surface area contributed by atoms with E-state index in [1.54, 1.807) is 13.3 Å². The van der Waals surface area contributed by atoms with Crippen LogP contribution in [-0.4, -0.2) is 22.1 Å². The fourth-order valence-electron chi connectivity index (χ4n) is 1.80. The third-order valence-electron chi connectivity index (χ3n) is 2.67. The maximum Gasteiger partial charge on any atom is 0.212 e. The molecule has 0 radical (unpaired) electrons. The third kappa shape index (κ3) is 3.89. The van der Waals surface area contributed by atoms with Crippen LogP contribution in [0.3, 0.4) is 0 Å². The van der Waals surface area contributed by atoms with Crippen LogP contribution < -0.4 is 4.74 Å². The number of rotatable bonds is 5. The average molecular weight is 278 g/mol. The Hall–Kier alpha value is -1.68. The zero-order chi connectivity index (χ0) is 13.7. The molecule has 0 aliphatic rings. The molecule has 0 saturated heterocycles. The summed E-state index contributed by atoms with van der Waals surface area (Å²) in [4.78, 5) is 12.9. The first kappa shape index (κ1) is 13.7. The van der Waals surface area contributed by atoms with Crippen molar-refractivity contribution < 1.29 is 4.74 Å². The summed E-state index contributed by atoms with van der Waals surface area (Å²) in [7, 11) is 1.60. The number of hydrogen-bond acceptors (Lipinski definition) is 4. The summed E-state index contributed by atoms with van der Waals surface area (Å²) < 4.78 is 5.03. The van der Waals surface area contributed by atoms with E-state index in [0.717, 1.165) is 29.9 Å². The largest absolute Gasteiger partial charge is 0.481 e. The molecular formula is C14H16ClN3O. The standard InChI is InChI=1S/C14H16ClN3O/c1-3-4-11-8-12(15)18-13(17-11)7-10-5-6-14(19-2)16-9-10/h5-6,8-9H,3-4,7H2,1-2H3. The molecule has 0 bridgehead atoms. The van der Waals surface area contributed by atoms with Crippen molar-refractivity contribution in [3.05, 3.63) is 46.6 Å². The minimum atomic E-state index is 0.495. The van der Waals surface area contributed by atoms with Gasteiger partial charge in [0.25, 0.3) is 0 Å². The van der Waals surface area contributed by atoms with E-state index in [0.29, 0.717) is 17.5 Å². The van der Waals surface area contributed by atoms with Crippen LogP contribution in [0.5, 0.6) is 5.88 Å². The van der Waals surface area contributed by atoms with Gasteiger partial charge >= 0.3 is 0 Å². The maximum absolute atomic E-state index is 6.01. The van der Waals surface area contributed by atoms with Gasteiger partial charge in [-0.05, 0) is 18.1 Å². The number of ether oxygens (including phenoxy) is 1. The minimum Gasteiger partial charge on any atom is -0.481 e. The summed E-state index contributed by atoms with van der Waals surface area (Å²) in [6.45, 7) is 2.11. The van der Waals surface area contributed by atoms with E-state index >= 15 is 0 Å². The van der Waals surface area contributed by atoms with Gasteiger partial charge in [0, 0.05) is 24.4 Å². The Bertz CT molecular complexity index is 543. The lowest BCUT2D eigenvalue weighted by Gasteiger charge is -2.05. The highest BCUT2D eigenvalue weighted by atomic mass is 35.5. The number of pyridine rings is 1. The Labute approximate surface area is 117 Å². The summed E-state index contributed by atoms with van der Waals surface area (Å²) in [5.41, 5.74) is 2.02. The van der Waals surface area contributed by atoms with E-state index in [4.69, 9.17) is 16.3 Å². The van der Waals surface area contributed by atoms with Gasteiger partial charge in [-0.3, -0.25) is 0 Å². The molecule has 0 N–H and O–H groups in total. The number of aryl methyl sites for hydroxylation is 1. The van der Waals surface area contributed by atoms with Crippen LogP contribution in [0.2, 0.25) is 5.15 Å². The van der Waals surface area contributed by atoms with Crippen LogP contribution in [-0.2, 0) is 12.8 Å². The van der Waals surface area contributed by atoms with Crippen molar-refractivity contribution in [1.29, 1.82) is 0 Å². The molecule has 4 nitrogen and oxygen atoms in total. The molecular weight excluding hydrogens is 262 g/mol. The van der Waals surface area contributed by atoms with Crippen molar-refractivity contribution in [3.8, 4) is 5.88 Å². The van der Waals surface area contributed by atoms with Gasteiger partial charge in [-0.15, -0.1) is 0 Å². The summed E-state index contributed by atoms with van der Waals surface area (Å²) in [6, 6.07) is 5.60. The van der Waals surface area contributed by atoms with Crippen LogP contribution in [0.4, 0.5) is 0 Å². The van der Waals surface area contributed by atoms with Gasteiger partial charge in [0.15, 0.2) is 0 Å². The zero-order valence-electron chi connectivity index (χ0n) is 11.1. The second-order valence-electron chi connectivity index (χ2n) is 4.23. The van der Waals surface area contributed by atoms with E-state index in [-0.39, 0.29) is 0 Å². The van der Waals surface area contributed by atoms with E-state index in [2.05, 4.69) is 21.9 Å². The highest BCUT2D eigenvalue weighted by molar-refractivity contribution is 6.29. The average Bonchev–Trinajstić information content (AvgIpc) is 2.39. The Morgan fingerprint density at radius 2 is 2.11 bits per heavy atom. The van der Waals surface area contributed by atoms with Crippen molar-refractivity contribution in [2.45, 2.75) is 26.2 Å². The Balaban J connectivity index is 2.17. The summed E-state index contributed by atoms with van der Waals surface area (Å²) in [5, 5.41) is 0.495. The predicted molar refractivity (Wildman–Crippen MR) is 74.6 cm³/mol. The fraction of sp³-hybridized carbons (Fsp3) is 0.357. The number of aromatic nitrogens is 3. The Morgan fingerprint density at radius 3 is 2.74 bits per heavy atom. The van der Waals surface area contributed by atoms with Gasteiger partial charge < -0.3 is 4.74 Å². The predicted octanol–water partition coefficient (Wildman–Crippen LogP) is 3.08. The molecule has 5 heteroatoms. The fourth-order valence-corrected chi connectivity index (χ4v) is 2.02. The van der Waals surface area contributed by atoms with Gasteiger partial charge in [-0.25, -0.2) is 15.0 Å². The van der Waals surface area contributed by atoms with Crippen molar-refractivity contribution in [2.75, 3.05) is 7.11 Å². The van der Waals surface area contributed by atoms with Crippen LogP contribution in [0.1, 0.15) is 30.4 Å². The second kappa shape index (κ2) is 6.48. The number of nitrogens with zero attached hydrogens (tertiary/aromatic N) is 3. The lowest BCUT2D eigenvalue weighted by Crippen LogP contribution is -2.01. The quantitative estimate of drug-likeness (QED) is 0.788. The zero-order valence-corrected chi connectivity index (χ0v) is 11.8. The SMILES string of the molecule is CCCc1cc(Cl)nc(Cc2ccc(OC)nc2)n1. The molecule has 0 spiro atoms. The first-order chi connectivity index (χ1) is 9.21. The van der Waals surface area contributed by atoms with Crippen molar-refractivity contribution in [3.63, 3.8) is 0 Å². The molecule has 2 aromatic rings. The third-order valence-corrected chi connectivity index (χ3v) is 2.86. The van der Waals surface area contributed by atoms with E-state index in [1.807, 2.05) is 18.2 Å². The first-order valence-electron chi connectivity index (χ1n) is 6.22. The molecule has 2 rings (SSSR count). The lowest BCUT2D eigenvalue weighted by molar-refractivity contribution is 0.397. The second-order valence-corrected chi connectivity index (χ2v) is 4.62. The Kier molecular flexibility index (Phi) is 4.68. The van der Waals surface area contributed by atoms with Crippen LogP contribution in [0.25, 0.3) is 0 Å². The van der Waals surface area contributed by atoms with E-state index < -0.39 is 0 Å². The van der Waals surface area contributed by atoms with Gasteiger partial charge in [0.1, 0.15) is 11.0 Å². The molecule has 0 fully saturated rings. The lowest BCUT2D eigenvalue weighted by atomic mass is 10.2. The minimum absolute atomic E-state index is 0.495. The molecule has 100 valence electrons. The van der Waals surface area contributed by atoms with Crippen molar-refractivity contribution in [1.82, 2.24) is 15.0 Å². The smallest absolute Gasteiger partial charge is 0.212 e. The molecule has 2 heterocycles. The molecule has 0 saturated carbocycles. The molecule has 2 aromatic heterocycles. The van der Waals surface area contributed by atoms with E-state index in [1.165, 1.54) is 0 Å². The van der Waals surface area contributed by atoms with Gasteiger partial charge in [0.2, 0.25) is 5.88 Å². The molecule has 0 amide bonds. The van der Waals surface area contributed by atoms with Gasteiger partial charge in [-0.1, -0.05) is 31.0 Å². The number of methoxy groups -OCH3 is 1. The molecule has 0 aromatic carbocycles. The van der Waals surface area contributed by atoms with Crippen molar-refractivity contribution >= 4 is 11.6 Å². The van der Waals surface area contributed by atoms with Crippen molar-refractivity contribution in [2.24, 2.45) is 0 Å². The summed E-state index contributed by atoms with van der Waals surface area (Å²) in [5.74, 6) is 1.32. The molecule has 19 heavy (non-hydrogen) atoms. The Morgan fingerprint density at radius 1 is 1.26 bits per heavy atom. The first-order valence-corrected chi connectivity index (χ1v) is 6.60. The monoisotopic (exact) mass is 277 g/mol. The van der Waals surface area contributed by atoms with Crippen LogP contribution >= 0.6 is 11.6 Å². The number of hydrogen-bond donors (Lipinski definition) is 0. The van der Waals surface area contributed by atoms with Gasteiger partial charge in [0.05, 0.1) is 7.11 Å². The molecule has 0 aliphatic heterocycles. The van der Waals surface area contributed by atoms with E-state index in [9.17, 15) is 0 Å². The highest BCUT2D eigenvalue weighted by Gasteiger charge is 2.05. The van der Waals surface area contributed by atoms with Crippen LogP contribution in [0.15, 0.2) is 24.4 Å². The molecule has 0 unspecified atom stereocenters. The highest BCUT2D eigenvalue weighted by Crippen LogP contribution is 2.13. The van der Waals surface area contributed by atoms with Crippen LogP contribution in [0, 0.1) is 0 Å². The van der Waals surface area contributed by atoms with Gasteiger partial charge in [-0.2, -0.15) is 0 Å². The maximum atomic E-state index is 6.01. The topological polar surface area (TPSA) is 47.9 Å². The normalized spacial score (nSPS) is 10.5. The summed E-state index contributed by atoms with van der Waals surface area (Å²) in [6.07, 6.45) is 4.34. The molecule has 0 aliphatic carbocycles. The number of halogens is 1. The molecule has 0 atom stereocenters. The summed E-state index contributed by atoms with van der Waals surface area (Å²) >= 11 is 6.01.